The average molecular weight is 268 g/mol. The summed E-state index contributed by atoms with van der Waals surface area (Å²) >= 11 is 1.67. The van der Waals surface area contributed by atoms with Gasteiger partial charge >= 0.3 is 5.97 Å². The normalized spacial score (nSPS) is 23.4. The molecule has 1 saturated heterocycles. The molecule has 2 heterocycles. The maximum absolute atomic E-state index is 11.1. The lowest BCUT2D eigenvalue weighted by molar-refractivity contribution is -0.140. The SMILES string of the molecule is COC(=O)CCc1csc(N2CC(C)CC2C)n1. The quantitative estimate of drug-likeness (QED) is 0.787. The Hall–Kier alpha value is -1.10. The molecule has 1 aromatic rings. The summed E-state index contributed by atoms with van der Waals surface area (Å²) in [5, 5.41) is 3.14. The lowest BCUT2D eigenvalue weighted by Gasteiger charge is -2.19. The Morgan fingerprint density at radius 2 is 2.39 bits per heavy atom. The van der Waals surface area contributed by atoms with Crippen LogP contribution in [0.5, 0.6) is 0 Å². The van der Waals surface area contributed by atoms with Gasteiger partial charge < -0.3 is 9.64 Å². The monoisotopic (exact) mass is 268 g/mol. The number of aromatic nitrogens is 1. The van der Waals surface area contributed by atoms with Gasteiger partial charge in [0.05, 0.1) is 19.2 Å². The molecule has 2 unspecified atom stereocenters. The Balaban J connectivity index is 1.95. The van der Waals surface area contributed by atoms with Crippen LogP contribution in [0, 0.1) is 5.92 Å². The Morgan fingerprint density at radius 1 is 1.61 bits per heavy atom. The number of esters is 1. The van der Waals surface area contributed by atoms with Crippen molar-refractivity contribution in [2.75, 3.05) is 18.6 Å². The maximum atomic E-state index is 11.1. The molecule has 18 heavy (non-hydrogen) atoms. The van der Waals surface area contributed by atoms with Crippen LogP contribution in [0.25, 0.3) is 0 Å². The molecular formula is C13H20N2O2S. The molecular weight excluding hydrogens is 248 g/mol. The maximum Gasteiger partial charge on any atom is 0.305 e. The predicted octanol–water partition coefficient (Wildman–Crippen LogP) is 2.48. The molecule has 0 amide bonds. The van der Waals surface area contributed by atoms with Gasteiger partial charge in [-0.3, -0.25) is 4.79 Å². The molecule has 0 spiro atoms. The molecule has 1 aromatic heterocycles. The van der Waals surface area contributed by atoms with E-state index < -0.39 is 0 Å². The van der Waals surface area contributed by atoms with E-state index in [1.54, 1.807) is 11.3 Å². The number of hydrogen-bond acceptors (Lipinski definition) is 5. The van der Waals surface area contributed by atoms with Crippen molar-refractivity contribution in [3.8, 4) is 0 Å². The second kappa shape index (κ2) is 5.69. The number of carbonyl (C=O) groups is 1. The minimum absolute atomic E-state index is 0.173. The van der Waals surface area contributed by atoms with E-state index in [9.17, 15) is 4.79 Å². The minimum Gasteiger partial charge on any atom is -0.469 e. The van der Waals surface area contributed by atoms with Crippen LogP contribution in [0.4, 0.5) is 5.13 Å². The number of rotatable bonds is 4. The molecule has 1 aliphatic heterocycles. The van der Waals surface area contributed by atoms with Crippen molar-refractivity contribution in [2.24, 2.45) is 5.92 Å². The van der Waals surface area contributed by atoms with E-state index in [0.717, 1.165) is 23.3 Å². The van der Waals surface area contributed by atoms with Gasteiger partial charge in [0.2, 0.25) is 0 Å². The summed E-state index contributed by atoms with van der Waals surface area (Å²) in [6.45, 7) is 5.62. The molecule has 0 bridgehead atoms. The van der Waals surface area contributed by atoms with Crippen LogP contribution < -0.4 is 4.90 Å². The van der Waals surface area contributed by atoms with Gasteiger partial charge in [0, 0.05) is 24.4 Å². The van der Waals surface area contributed by atoms with Crippen molar-refractivity contribution in [1.82, 2.24) is 4.98 Å². The molecule has 1 aliphatic rings. The first-order valence-corrected chi connectivity index (χ1v) is 7.26. The third-order valence-electron chi connectivity index (χ3n) is 3.38. The lowest BCUT2D eigenvalue weighted by Crippen LogP contribution is -2.26. The van der Waals surface area contributed by atoms with Crippen molar-refractivity contribution in [3.05, 3.63) is 11.1 Å². The number of methoxy groups -OCH3 is 1. The first-order chi connectivity index (χ1) is 8.60. The van der Waals surface area contributed by atoms with Crippen molar-refractivity contribution in [2.45, 2.75) is 39.2 Å². The third-order valence-corrected chi connectivity index (χ3v) is 4.31. The zero-order chi connectivity index (χ0) is 13.1. The third kappa shape index (κ3) is 3.02. The van der Waals surface area contributed by atoms with Gasteiger partial charge in [-0.05, 0) is 19.3 Å². The number of hydrogen-bond donors (Lipinski definition) is 0. The number of thiazole rings is 1. The lowest BCUT2D eigenvalue weighted by atomic mass is 10.1. The van der Waals surface area contributed by atoms with Gasteiger partial charge in [-0.1, -0.05) is 6.92 Å². The molecule has 2 atom stereocenters. The zero-order valence-electron chi connectivity index (χ0n) is 11.2. The second-order valence-electron chi connectivity index (χ2n) is 5.04. The molecule has 0 aromatic carbocycles. The summed E-state index contributed by atoms with van der Waals surface area (Å²) in [7, 11) is 1.42. The fourth-order valence-corrected chi connectivity index (χ4v) is 3.41. The largest absolute Gasteiger partial charge is 0.469 e. The Bertz CT molecular complexity index is 419. The molecule has 1 fully saturated rings. The van der Waals surface area contributed by atoms with E-state index in [0.29, 0.717) is 18.9 Å². The van der Waals surface area contributed by atoms with Crippen LogP contribution in [0.3, 0.4) is 0 Å². The summed E-state index contributed by atoms with van der Waals surface area (Å²) < 4.78 is 4.64. The summed E-state index contributed by atoms with van der Waals surface area (Å²) in [6, 6.07) is 0.569. The number of ether oxygens (including phenoxy) is 1. The van der Waals surface area contributed by atoms with Gasteiger partial charge in [0.15, 0.2) is 5.13 Å². The first-order valence-electron chi connectivity index (χ1n) is 6.38. The highest BCUT2D eigenvalue weighted by atomic mass is 32.1. The average Bonchev–Trinajstić information content (AvgIpc) is 2.92. The van der Waals surface area contributed by atoms with Crippen molar-refractivity contribution < 1.29 is 9.53 Å². The summed E-state index contributed by atoms with van der Waals surface area (Å²) in [6.07, 6.45) is 2.31. The van der Waals surface area contributed by atoms with Gasteiger partial charge in [-0.25, -0.2) is 4.98 Å². The molecule has 0 radical (unpaired) electrons. The van der Waals surface area contributed by atoms with Gasteiger partial charge in [-0.15, -0.1) is 11.3 Å². The van der Waals surface area contributed by atoms with E-state index >= 15 is 0 Å². The van der Waals surface area contributed by atoms with Gasteiger partial charge in [-0.2, -0.15) is 0 Å². The van der Waals surface area contributed by atoms with Crippen LogP contribution in [-0.2, 0) is 16.0 Å². The topological polar surface area (TPSA) is 42.4 Å². The highest BCUT2D eigenvalue weighted by Crippen LogP contribution is 2.31. The van der Waals surface area contributed by atoms with Crippen molar-refractivity contribution in [1.29, 1.82) is 0 Å². The standard InChI is InChI=1S/C13H20N2O2S/c1-9-6-10(2)15(7-9)13-14-11(8-18-13)4-5-12(16)17-3/h8-10H,4-7H2,1-3H3. The number of anilines is 1. The molecule has 0 aliphatic carbocycles. The fourth-order valence-electron chi connectivity index (χ4n) is 2.44. The smallest absolute Gasteiger partial charge is 0.305 e. The highest BCUT2D eigenvalue weighted by molar-refractivity contribution is 7.13. The Morgan fingerprint density at radius 3 is 3.00 bits per heavy atom. The van der Waals surface area contributed by atoms with Gasteiger partial charge in [0.25, 0.3) is 0 Å². The van der Waals surface area contributed by atoms with E-state index in [1.165, 1.54) is 13.5 Å². The second-order valence-corrected chi connectivity index (χ2v) is 5.88. The van der Waals surface area contributed by atoms with Crippen LogP contribution >= 0.6 is 11.3 Å². The Kier molecular flexibility index (Phi) is 4.22. The zero-order valence-corrected chi connectivity index (χ0v) is 12.0. The van der Waals surface area contributed by atoms with E-state index in [-0.39, 0.29) is 5.97 Å². The number of aryl methyl sites for hydroxylation is 1. The van der Waals surface area contributed by atoms with Crippen LogP contribution in [-0.4, -0.2) is 30.6 Å². The molecule has 5 heteroatoms. The van der Waals surface area contributed by atoms with E-state index in [2.05, 4.69) is 28.5 Å². The van der Waals surface area contributed by atoms with Crippen molar-refractivity contribution in [3.63, 3.8) is 0 Å². The summed E-state index contributed by atoms with van der Waals surface area (Å²) in [4.78, 5) is 18.1. The van der Waals surface area contributed by atoms with Crippen LogP contribution in [0.2, 0.25) is 0 Å². The summed E-state index contributed by atoms with van der Waals surface area (Å²) in [5.41, 5.74) is 0.993. The molecule has 0 N–H and O–H groups in total. The van der Waals surface area contributed by atoms with Crippen molar-refractivity contribution >= 4 is 22.4 Å². The number of carbonyl (C=O) groups excluding carboxylic acids is 1. The summed E-state index contributed by atoms with van der Waals surface area (Å²) in [5.74, 6) is 0.565. The molecule has 100 valence electrons. The molecule has 2 rings (SSSR count). The predicted molar refractivity (Wildman–Crippen MR) is 73.0 cm³/mol. The van der Waals surface area contributed by atoms with Crippen LogP contribution in [0.1, 0.15) is 32.4 Å². The van der Waals surface area contributed by atoms with Gasteiger partial charge in [0.1, 0.15) is 0 Å². The fraction of sp³-hybridized carbons (Fsp3) is 0.692. The van der Waals surface area contributed by atoms with E-state index in [4.69, 9.17) is 0 Å². The molecule has 4 nitrogen and oxygen atoms in total. The Labute approximate surface area is 112 Å². The highest BCUT2D eigenvalue weighted by Gasteiger charge is 2.28. The first kappa shape index (κ1) is 13.3. The number of nitrogens with zero attached hydrogens (tertiary/aromatic N) is 2. The minimum atomic E-state index is -0.173. The van der Waals surface area contributed by atoms with Crippen LogP contribution in [0.15, 0.2) is 5.38 Å². The van der Waals surface area contributed by atoms with E-state index in [1.807, 2.05) is 5.38 Å². The molecule has 0 saturated carbocycles.